The van der Waals surface area contributed by atoms with Gasteiger partial charge in [-0.1, -0.05) is 36.4 Å². The third-order valence-corrected chi connectivity index (χ3v) is 8.10. The minimum Gasteiger partial charge on any atom is -0.283 e. The van der Waals surface area contributed by atoms with E-state index in [0.717, 1.165) is 29.5 Å². The van der Waals surface area contributed by atoms with E-state index < -0.39 is 0 Å². The van der Waals surface area contributed by atoms with Crippen LogP contribution in [0.3, 0.4) is 0 Å². The number of fused-ring (bicyclic) bond motifs is 4. The Balaban J connectivity index is 1.54. The van der Waals surface area contributed by atoms with Crippen LogP contribution in [-0.2, 0) is 25.1 Å². The number of aromatic nitrogens is 4. The molecule has 0 saturated heterocycles. The van der Waals surface area contributed by atoms with Crippen molar-refractivity contribution in [1.29, 1.82) is 0 Å². The average molecular weight is 485 g/mol. The van der Waals surface area contributed by atoms with Crippen LogP contribution in [0.2, 0.25) is 5.02 Å². The van der Waals surface area contributed by atoms with E-state index in [9.17, 15) is 9.59 Å². The van der Waals surface area contributed by atoms with Gasteiger partial charge in [-0.05, 0) is 42.9 Å². The first-order chi connectivity index (χ1) is 15.4. The number of hydrogen-bond acceptors (Lipinski definition) is 6. The van der Waals surface area contributed by atoms with Gasteiger partial charge in [0, 0.05) is 29.4 Å². The lowest BCUT2D eigenvalue weighted by Gasteiger charge is -2.17. The molecule has 164 valence electrons. The molecule has 0 fully saturated rings. The molecule has 1 aliphatic rings. The highest BCUT2D eigenvalue weighted by Gasteiger charge is 2.24. The standard InChI is InChI=1S/C23H21ClN4O2S2/c1-3-8-27-22(30)20-16-6-4-13(2)9-17(16)32-21(20)26-23(27)31-12-15-10-19(29)28-11-14(24)5-7-18(28)25-15/h3,5,7,10-11,13H,1,4,6,8-9,12H2,2H3. The highest BCUT2D eigenvalue weighted by atomic mass is 35.5. The number of allylic oxidation sites excluding steroid dienone is 1. The van der Waals surface area contributed by atoms with Crippen LogP contribution in [-0.4, -0.2) is 18.9 Å². The summed E-state index contributed by atoms with van der Waals surface area (Å²) in [4.78, 5) is 37.4. The molecule has 0 bridgehead atoms. The third kappa shape index (κ3) is 3.80. The SMILES string of the molecule is C=CCn1c(SCc2cc(=O)n3cc(Cl)ccc3n2)nc2sc3c(c2c1=O)CCC(C)C3. The molecule has 1 unspecified atom stereocenters. The number of aryl methyl sites for hydroxylation is 1. The van der Waals surface area contributed by atoms with Crippen LogP contribution >= 0.6 is 34.7 Å². The Morgan fingerprint density at radius 2 is 2.19 bits per heavy atom. The van der Waals surface area contributed by atoms with E-state index in [0.29, 0.717) is 39.7 Å². The maximum Gasteiger partial charge on any atom is 0.263 e. The zero-order valence-corrected chi connectivity index (χ0v) is 19.9. The number of pyridine rings is 1. The van der Waals surface area contributed by atoms with Crippen LogP contribution in [0.15, 0.2) is 51.8 Å². The Bertz CT molecular complexity index is 1490. The molecule has 1 atom stereocenters. The Morgan fingerprint density at radius 3 is 3.00 bits per heavy atom. The van der Waals surface area contributed by atoms with Gasteiger partial charge in [-0.2, -0.15) is 0 Å². The lowest BCUT2D eigenvalue weighted by molar-refractivity contribution is 0.509. The molecule has 9 heteroatoms. The van der Waals surface area contributed by atoms with Crippen molar-refractivity contribution in [2.24, 2.45) is 5.92 Å². The molecule has 0 amide bonds. The minimum atomic E-state index is -0.194. The monoisotopic (exact) mass is 484 g/mol. The van der Waals surface area contributed by atoms with Crippen LogP contribution in [0, 0.1) is 5.92 Å². The zero-order valence-electron chi connectivity index (χ0n) is 17.5. The van der Waals surface area contributed by atoms with Crippen molar-refractivity contribution >= 4 is 50.6 Å². The number of hydrogen-bond donors (Lipinski definition) is 0. The largest absolute Gasteiger partial charge is 0.283 e. The summed E-state index contributed by atoms with van der Waals surface area (Å²) in [6.45, 7) is 6.45. The van der Waals surface area contributed by atoms with Gasteiger partial charge in [0.1, 0.15) is 10.5 Å². The lowest BCUT2D eigenvalue weighted by Crippen LogP contribution is -2.23. The van der Waals surface area contributed by atoms with Gasteiger partial charge in [0.15, 0.2) is 5.16 Å². The Kier molecular flexibility index (Phi) is 5.69. The van der Waals surface area contributed by atoms with Crippen molar-refractivity contribution in [2.75, 3.05) is 0 Å². The fourth-order valence-electron chi connectivity index (χ4n) is 4.14. The molecular weight excluding hydrogens is 464 g/mol. The Morgan fingerprint density at radius 1 is 1.34 bits per heavy atom. The van der Waals surface area contributed by atoms with Gasteiger partial charge in [-0.3, -0.25) is 18.6 Å². The number of rotatable bonds is 5. The van der Waals surface area contributed by atoms with Crippen molar-refractivity contribution in [3.8, 4) is 0 Å². The smallest absolute Gasteiger partial charge is 0.263 e. The summed E-state index contributed by atoms with van der Waals surface area (Å²) >= 11 is 9.04. The highest BCUT2D eigenvalue weighted by molar-refractivity contribution is 7.98. The normalized spacial score (nSPS) is 15.9. The molecule has 0 saturated carbocycles. The van der Waals surface area contributed by atoms with Gasteiger partial charge in [-0.15, -0.1) is 17.9 Å². The third-order valence-electron chi connectivity index (χ3n) is 5.72. The van der Waals surface area contributed by atoms with Crippen molar-refractivity contribution < 1.29 is 0 Å². The number of thiophene rings is 1. The zero-order chi connectivity index (χ0) is 22.4. The van der Waals surface area contributed by atoms with E-state index in [1.54, 1.807) is 40.3 Å². The second-order valence-corrected chi connectivity index (χ2v) is 10.5. The lowest BCUT2D eigenvalue weighted by atomic mass is 9.89. The molecule has 32 heavy (non-hydrogen) atoms. The minimum absolute atomic E-state index is 0.00867. The summed E-state index contributed by atoms with van der Waals surface area (Å²) in [6, 6.07) is 4.92. The molecule has 0 aliphatic heterocycles. The predicted molar refractivity (Wildman–Crippen MR) is 131 cm³/mol. The molecule has 4 aromatic rings. The maximum atomic E-state index is 13.4. The van der Waals surface area contributed by atoms with E-state index in [1.807, 2.05) is 0 Å². The van der Waals surface area contributed by atoms with Gasteiger partial charge in [0.25, 0.3) is 11.1 Å². The average Bonchev–Trinajstić information content (AvgIpc) is 3.12. The second-order valence-electron chi connectivity index (χ2n) is 8.08. The molecule has 0 N–H and O–H groups in total. The van der Waals surface area contributed by atoms with Gasteiger partial charge >= 0.3 is 0 Å². The summed E-state index contributed by atoms with van der Waals surface area (Å²) < 4.78 is 3.10. The Hall–Kier alpha value is -2.42. The van der Waals surface area contributed by atoms with Crippen molar-refractivity contribution in [3.63, 3.8) is 0 Å². The first kappa shape index (κ1) is 21.4. The highest BCUT2D eigenvalue weighted by Crippen LogP contribution is 2.36. The van der Waals surface area contributed by atoms with Crippen LogP contribution < -0.4 is 11.1 Å². The first-order valence-electron chi connectivity index (χ1n) is 10.4. The second kappa shape index (κ2) is 8.50. The van der Waals surface area contributed by atoms with Crippen molar-refractivity contribution in [2.45, 2.75) is 43.6 Å². The summed E-state index contributed by atoms with van der Waals surface area (Å²) in [5.41, 5.74) is 2.13. The van der Waals surface area contributed by atoms with Crippen LogP contribution in [0.1, 0.15) is 29.5 Å². The number of nitrogens with zero attached hydrogens (tertiary/aromatic N) is 4. The molecule has 6 nitrogen and oxygen atoms in total. The molecule has 1 aliphatic carbocycles. The van der Waals surface area contributed by atoms with E-state index in [-0.39, 0.29) is 11.1 Å². The van der Waals surface area contributed by atoms with E-state index in [2.05, 4.69) is 18.5 Å². The van der Waals surface area contributed by atoms with E-state index in [1.165, 1.54) is 32.7 Å². The van der Waals surface area contributed by atoms with Crippen molar-refractivity contribution in [3.05, 3.63) is 78.9 Å². The van der Waals surface area contributed by atoms with Gasteiger partial charge in [0.2, 0.25) is 0 Å². The fourth-order valence-corrected chi connectivity index (χ4v) is 6.63. The Labute approximate surface area is 197 Å². The quantitative estimate of drug-likeness (QED) is 0.233. The summed E-state index contributed by atoms with van der Waals surface area (Å²) in [5, 5.41) is 1.86. The summed E-state index contributed by atoms with van der Waals surface area (Å²) in [6.07, 6.45) is 6.31. The molecule has 5 rings (SSSR count). The molecule has 0 spiro atoms. The molecular formula is C23H21ClN4O2S2. The number of halogens is 1. The molecule has 0 radical (unpaired) electrons. The first-order valence-corrected chi connectivity index (χ1v) is 12.6. The fraction of sp³-hybridized carbons (Fsp3) is 0.304. The van der Waals surface area contributed by atoms with E-state index in [4.69, 9.17) is 16.6 Å². The molecule has 4 heterocycles. The summed E-state index contributed by atoms with van der Waals surface area (Å²) in [7, 11) is 0. The molecule has 4 aromatic heterocycles. The topological polar surface area (TPSA) is 69.3 Å². The molecule has 0 aromatic carbocycles. The summed E-state index contributed by atoms with van der Waals surface area (Å²) in [5.74, 6) is 1.05. The number of thioether (sulfide) groups is 1. The van der Waals surface area contributed by atoms with Crippen LogP contribution in [0.25, 0.3) is 15.9 Å². The van der Waals surface area contributed by atoms with E-state index >= 15 is 0 Å². The van der Waals surface area contributed by atoms with Crippen LogP contribution in [0.4, 0.5) is 0 Å². The predicted octanol–water partition coefficient (Wildman–Crippen LogP) is 4.72. The maximum absolute atomic E-state index is 13.4. The van der Waals surface area contributed by atoms with Crippen LogP contribution in [0.5, 0.6) is 0 Å². The van der Waals surface area contributed by atoms with Gasteiger partial charge in [-0.25, -0.2) is 9.97 Å². The van der Waals surface area contributed by atoms with Gasteiger partial charge < -0.3 is 0 Å². The van der Waals surface area contributed by atoms with Crippen molar-refractivity contribution in [1.82, 2.24) is 18.9 Å². The van der Waals surface area contributed by atoms with Gasteiger partial charge in [0.05, 0.1) is 16.1 Å².